The minimum Gasteiger partial charge on any atom is -0.480 e. The molecule has 2 aromatic rings. The topological polar surface area (TPSA) is 95.9 Å². The zero-order chi connectivity index (χ0) is 23.7. The molecule has 174 valence electrons. The normalized spacial score (nSPS) is 22.8. The molecule has 0 aromatic heterocycles. The average molecular weight is 451 g/mol. The predicted molar refractivity (Wildman–Crippen MR) is 124 cm³/mol. The van der Waals surface area contributed by atoms with Crippen LogP contribution in [0.25, 0.3) is 11.1 Å². The Bertz CT molecular complexity index is 1020. The molecule has 2 amide bonds. The molecule has 7 heteroatoms. The van der Waals surface area contributed by atoms with Gasteiger partial charge in [0.15, 0.2) is 0 Å². The van der Waals surface area contributed by atoms with Gasteiger partial charge in [-0.1, -0.05) is 62.4 Å². The van der Waals surface area contributed by atoms with Crippen molar-refractivity contribution in [3.8, 4) is 11.1 Å². The number of nitrogens with zero attached hydrogens (tertiary/aromatic N) is 1. The lowest BCUT2D eigenvalue weighted by atomic mass is 9.84. The highest BCUT2D eigenvalue weighted by Gasteiger charge is 2.41. The molecule has 1 saturated heterocycles. The first-order chi connectivity index (χ1) is 15.8. The molecule has 1 fully saturated rings. The second-order valence-corrected chi connectivity index (χ2v) is 9.28. The van der Waals surface area contributed by atoms with Crippen molar-refractivity contribution in [2.24, 2.45) is 11.8 Å². The number of likely N-dealkylation sites (tertiary alicyclic amines) is 1. The number of carboxylic acid groups (broad SMARTS) is 1. The molecule has 0 spiro atoms. The number of fused-ring (bicyclic) bond motifs is 3. The van der Waals surface area contributed by atoms with Gasteiger partial charge in [-0.2, -0.15) is 0 Å². The predicted octanol–water partition coefficient (Wildman–Crippen LogP) is 3.87. The van der Waals surface area contributed by atoms with Gasteiger partial charge < -0.3 is 20.1 Å². The Balaban J connectivity index is 1.40. The standard InChI is InChI=1S/C26H30N2O5/c1-15-12-16(2)23(25(30)31)28(13-15)24(29)17(3)27-26(32)33-14-22-20-10-6-4-8-18(20)19-9-5-7-11-21(19)22/h4-11,15-17,22-23H,12-14H2,1-3H3,(H,27,32)(H,30,31)/t15?,16?,17-,23?/m0/s1. The summed E-state index contributed by atoms with van der Waals surface area (Å²) in [5.74, 6) is -1.46. The molecule has 2 aromatic carbocycles. The second kappa shape index (κ2) is 9.25. The van der Waals surface area contributed by atoms with Crippen LogP contribution in [0.5, 0.6) is 0 Å². The van der Waals surface area contributed by atoms with E-state index in [4.69, 9.17) is 4.74 Å². The Kier molecular flexibility index (Phi) is 6.40. The fourth-order valence-electron chi connectivity index (χ4n) is 5.33. The number of piperidine rings is 1. The van der Waals surface area contributed by atoms with Crippen molar-refractivity contribution in [2.75, 3.05) is 13.2 Å². The van der Waals surface area contributed by atoms with E-state index < -0.39 is 30.1 Å². The van der Waals surface area contributed by atoms with E-state index in [0.29, 0.717) is 6.54 Å². The average Bonchev–Trinajstić information content (AvgIpc) is 3.10. The Labute approximate surface area is 193 Å². The highest BCUT2D eigenvalue weighted by Crippen LogP contribution is 2.44. The molecule has 4 atom stereocenters. The van der Waals surface area contributed by atoms with Crippen LogP contribution in [0, 0.1) is 11.8 Å². The third-order valence-corrected chi connectivity index (χ3v) is 6.74. The van der Waals surface area contributed by atoms with Crippen molar-refractivity contribution in [1.82, 2.24) is 10.2 Å². The van der Waals surface area contributed by atoms with Gasteiger partial charge in [0.25, 0.3) is 0 Å². The van der Waals surface area contributed by atoms with Crippen molar-refractivity contribution in [1.29, 1.82) is 0 Å². The van der Waals surface area contributed by atoms with Crippen molar-refractivity contribution in [3.63, 3.8) is 0 Å². The summed E-state index contributed by atoms with van der Waals surface area (Å²) in [6, 6.07) is 14.4. The Morgan fingerprint density at radius 2 is 1.64 bits per heavy atom. The quantitative estimate of drug-likeness (QED) is 0.721. The minimum absolute atomic E-state index is 0.0747. The number of amides is 2. The Morgan fingerprint density at radius 1 is 1.06 bits per heavy atom. The largest absolute Gasteiger partial charge is 0.480 e. The summed E-state index contributed by atoms with van der Waals surface area (Å²) < 4.78 is 5.53. The lowest BCUT2D eigenvalue weighted by Gasteiger charge is -2.41. The summed E-state index contributed by atoms with van der Waals surface area (Å²) in [7, 11) is 0. The Morgan fingerprint density at radius 3 is 2.21 bits per heavy atom. The molecule has 2 aliphatic rings. The summed E-state index contributed by atoms with van der Waals surface area (Å²) in [4.78, 5) is 38.7. The molecule has 0 bridgehead atoms. The Hall–Kier alpha value is -3.35. The van der Waals surface area contributed by atoms with Gasteiger partial charge in [-0.15, -0.1) is 0 Å². The number of carboxylic acids is 1. The summed E-state index contributed by atoms with van der Waals surface area (Å²) in [6.07, 6.45) is 0.0530. The third kappa shape index (κ3) is 4.45. The fourth-order valence-corrected chi connectivity index (χ4v) is 5.33. The first-order valence-corrected chi connectivity index (χ1v) is 11.4. The lowest BCUT2D eigenvalue weighted by molar-refractivity contribution is -0.156. The number of hydrogen-bond donors (Lipinski definition) is 2. The number of aliphatic carboxylic acids is 1. The first kappa shape index (κ1) is 22.8. The molecule has 0 saturated carbocycles. The summed E-state index contributed by atoms with van der Waals surface area (Å²) >= 11 is 0. The van der Waals surface area contributed by atoms with Crippen LogP contribution < -0.4 is 5.32 Å². The molecule has 33 heavy (non-hydrogen) atoms. The number of benzene rings is 2. The molecule has 3 unspecified atom stereocenters. The number of nitrogens with one attached hydrogen (secondary N) is 1. The van der Waals surface area contributed by atoms with Gasteiger partial charge in [0.1, 0.15) is 18.7 Å². The molecular weight excluding hydrogens is 420 g/mol. The molecule has 1 aliphatic carbocycles. The number of hydrogen-bond acceptors (Lipinski definition) is 4. The van der Waals surface area contributed by atoms with E-state index >= 15 is 0 Å². The number of carbonyl (C=O) groups is 3. The minimum atomic E-state index is -1.02. The van der Waals surface area contributed by atoms with E-state index in [9.17, 15) is 19.5 Å². The number of alkyl carbamates (subject to hydrolysis) is 1. The van der Waals surface area contributed by atoms with Crippen LogP contribution in [-0.4, -0.2) is 53.2 Å². The van der Waals surface area contributed by atoms with E-state index in [2.05, 4.69) is 17.4 Å². The molecule has 1 heterocycles. The van der Waals surface area contributed by atoms with Gasteiger partial charge in [-0.25, -0.2) is 9.59 Å². The van der Waals surface area contributed by atoms with Crippen molar-refractivity contribution in [3.05, 3.63) is 59.7 Å². The van der Waals surface area contributed by atoms with Crippen LogP contribution in [0.1, 0.15) is 44.2 Å². The van der Waals surface area contributed by atoms with Gasteiger partial charge in [-0.05, 0) is 47.4 Å². The SMILES string of the molecule is CC1CC(C)C(C(=O)O)N(C(=O)[C@H](C)NC(=O)OCC2c3ccccc3-c3ccccc32)C1. The molecular formula is C26H30N2O5. The van der Waals surface area contributed by atoms with Gasteiger partial charge >= 0.3 is 12.1 Å². The smallest absolute Gasteiger partial charge is 0.407 e. The lowest BCUT2D eigenvalue weighted by Crippen LogP contribution is -2.58. The zero-order valence-corrected chi connectivity index (χ0v) is 19.2. The second-order valence-electron chi connectivity index (χ2n) is 9.28. The van der Waals surface area contributed by atoms with Gasteiger partial charge in [-0.3, -0.25) is 4.79 Å². The highest BCUT2D eigenvalue weighted by atomic mass is 16.5. The van der Waals surface area contributed by atoms with E-state index in [-0.39, 0.29) is 24.4 Å². The van der Waals surface area contributed by atoms with E-state index in [1.165, 1.54) is 4.90 Å². The maximum Gasteiger partial charge on any atom is 0.407 e. The summed E-state index contributed by atoms with van der Waals surface area (Å²) in [6.45, 7) is 5.91. The highest BCUT2D eigenvalue weighted by molar-refractivity contribution is 5.89. The van der Waals surface area contributed by atoms with Gasteiger partial charge in [0, 0.05) is 12.5 Å². The van der Waals surface area contributed by atoms with Gasteiger partial charge in [0.05, 0.1) is 0 Å². The molecule has 7 nitrogen and oxygen atoms in total. The van der Waals surface area contributed by atoms with Crippen LogP contribution in [0.2, 0.25) is 0 Å². The maximum atomic E-state index is 13.0. The monoisotopic (exact) mass is 450 g/mol. The number of carbonyl (C=O) groups excluding carboxylic acids is 2. The summed E-state index contributed by atoms with van der Waals surface area (Å²) in [5.41, 5.74) is 4.49. The van der Waals surface area contributed by atoms with Crippen molar-refractivity contribution < 1.29 is 24.2 Å². The van der Waals surface area contributed by atoms with Crippen LogP contribution in [-0.2, 0) is 14.3 Å². The van der Waals surface area contributed by atoms with Crippen molar-refractivity contribution >= 4 is 18.0 Å². The third-order valence-electron chi connectivity index (χ3n) is 6.74. The summed E-state index contributed by atoms with van der Waals surface area (Å²) in [5, 5.41) is 12.2. The fraction of sp³-hybridized carbons (Fsp3) is 0.423. The molecule has 2 N–H and O–H groups in total. The zero-order valence-electron chi connectivity index (χ0n) is 19.2. The molecule has 4 rings (SSSR count). The maximum absolute atomic E-state index is 13.0. The number of rotatable bonds is 5. The number of ether oxygens (including phenoxy) is 1. The first-order valence-electron chi connectivity index (χ1n) is 11.4. The van der Waals surface area contributed by atoms with Crippen LogP contribution in [0.15, 0.2) is 48.5 Å². The van der Waals surface area contributed by atoms with E-state index in [1.54, 1.807) is 6.92 Å². The van der Waals surface area contributed by atoms with Crippen LogP contribution in [0.3, 0.4) is 0 Å². The van der Waals surface area contributed by atoms with E-state index in [1.807, 2.05) is 50.2 Å². The van der Waals surface area contributed by atoms with E-state index in [0.717, 1.165) is 28.7 Å². The van der Waals surface area contributed by atoms with Crippen molar-refractivity contribution in [2.45, 2.75) is 45.2 Å². The molecule has 0 radical (unpaired) electrons. The van der Waals surface area contributed by atoms with Crippen LogP contribution >= 0.6 is 0 Å². The van der Waals surface area contributed by atoms with Gasteiger partial charge in [0.2, 0.25) is 5.91 Å². The van der Waals surface area contributed by atoms with Crippen LogP contribution in [0.4, 0.5) is 4.79 Å². The molecule has 1 aliphatic heterocycles.